The summed E-state index contributed by atoms with van der Waals surface area (Å²) in [7, 11) is -3.73. The molecule has 0 aliphatic rings. The number of anilines is 1. The van der Waals surface area contributed by atoms with E-state index < -0.39 is 21.8 Å². The van der Waals surface area contributed by atoms with Crippen molar-refractivity contribution >= 4 is 43.5 Å². The average molecular weight is 440 g/mol. The molecule has 2 amide bonds. The van der Waals surface area contributed by atoms with Crippen molar-refractivity contribution in [3.63, 3.8) is 0 Å². The predicted octanol–water partition coefficient (Wildman–Crippen LogP) is 1.70. The summed E-state index contributed by atoms with van der Waals surface area (Å²) in [6.07, 6.45) is 0.446. The van der Waals surface area contributed by atoms with Crippen molar-refractivity contribution in [2.45, 2.75) is 18.2 Å². The van der Waals surface area contributed by atoms with Gasteiger partial charge >= 0.3 is 11.8 Å². The highest BCUT2D eigenvalue weighted by Crippen LogP contribution is 2.19. The minimum absolute atomic E-state index is 0.0226. The van der Waals surface area contributed by atoms with Crippen LogP contribution < -0.4 is 15.8 Å². The number of aryl methyl sites for hydroxylation is 1. The van der Waals surface area contributed by atoms with Gasteiger partial charge in [0.05, 0.1) is 4.90 Å². The maximum atomic E-state index is 11.9. The molecule has 2 aromatic carbocycles. The Labute approximate surface area is 160 Å². The monoisotopic (exact) mass is 439 g/mol. The summed E-state index contributed by atoms with van der Waals surface area (Å²) in [5.74, 6) is -1.50. The second-order valence-electron chi connectivity index (χ2n) is 5.61. The third-order valence-electron chi connectivity index (χ3n) is 3.57. The summed E-state index contributed by atoms with van der Waals surface area (Å²) < 4.78 is 23.3. The molecule has 9 heteroatoms. The molecule has 0 radical (unpaired) electrons. The molecule has 0 atom stereocenters. The molecular weight excluding hydrogens is 422 g/mol. The van der Waals surface area contributed by atoms with Gasteiger partial charge in [-0.1, -0.05) is 28.1 Å². The summed E-state index contributed by atoms with van der Waals surface area (Å²) in [4.78, 5) is 23.8. The lowest BCUT2D eigenvalue weighted by molar-refractivity contribution is -0.136. The normalized spacial score (nSPS) is 11.0. The Morgan fingerprint density at radius 3 is 2.31 bits per heavy atom. The molecule has 0 saturated carbocycles. The first kappa shape index (κ1) is 20.1. The highest BCUT2D eigenvalue weighted by molar-refractivity contribution is 9.10. The molecule has 0 aliphatic carbocycles. The highest BCUT2D eigenvalue weighted by atomic mass is 79.9. The van der Waals surface area contributed by atoms with Gasteiger partial charge in [0.15, 0.2) is 0 Å². The van der Waals surface area contributed by atoms with Crippen LogP contribution in [-0.4, -0.2) is 26.8 Å². The number of carbonyl (C=O) groups is 2. The van der Waals surface area contributed by atoms with Crippen LogP contribution in [0.25, 0.3) is 0 Å². The molecule has 0 spiro atoms. The number of rotatable bonds is 5. The zero-order valence-corrected chi connectivity index (χ0v) is 16.4. The van der Waals surface area contributed by atoms with E-state index in [4.69, 9.17) is 5.14 Å². The Balaban J connectivity index is 1.84. The van der Waals surface area contributed by atoms with Crippen molar-refractivity contribution in [1.82, 2.24) is 5.32 Å². The van der Waals surface area contributed by atoms with Gasteiger partial charge in [-0.3, -0.25) is 9.59 Å². The van der Waals surface area contributed by atoms with E-state index in [-0.39, 0.29) is 11.4 Å². The largest absolute Gasteiger partial charge is 0.347 e. The highest BCUT2D eigenvalue weighted by Gasteiger charge is 2.13. The minimum atomic E-state index is -3.73. The number of halogens is 1. The molecule has 2 rings (SSSR count). The van der Waals surface area contributed by atoms with E-state index in [2.05, 4.69) is 26.6 Å². The van der Waals surface area contributed by atoms with Gasteiger partial charge in [-0.2, -0.15) is 0 Å². The van der Waals surface area contributed by atoms with E-state index in [1.807, 2.05) is 6.92 Å². The van der Waals surface area contributed by atoms with E-state index in [1.54, 1.807) is 30.3 Å². The number of hydrogen-bond acceptors (Lipinski definition) is 4. The quantitative estimate of drug-likeness (QED) is 0.614. The fourth-order valence-electron chi connectivity index (χ4n) is 2.16. The van der Waals surface area contributed by atoms with E-state index in [9.17, 15) is 18.0 Å². The van der Waals surface area contributed by atoms with Gasteiger partial charge in [-0.05, 0) is 54.8 Å². The van der Waals surface area contributed by atoms with Crippen molar-refractivity contribution < 1.29 is 18.0 Å². The van der Waals surface area contributed by atoms with Gasteiger partial charge in [0.2, 0.25) is 10.0 Å². The van der Waals surface area contributed by atoms with Crippen molar-refractivity contribution in [2.24, 2.45) is 5.14 Å². The van der Waals surface area contributed by atoms with Gasteiger partial charge in [0, 0.05) is 16.7 Å². The molecule has 0 heterocycles. The first-order chi connectivity index (χ1) is 12.2. The molecule has 7 nitrogen and oxygen atoms in total. The van der Waals surface area contributed by atoms with E-state index in [0.717, 1.165) is 15.6 Å². The molecule has 0 saturated heterocycles. The summed E-state index contributed by atoms with van der Waals surface area (Å²) in [6.45, 7) is 2.11. The molecule has 4 N–H and O–H groups in total. The number of benzene rings is 2. The average Bonchev–Trinajstić information content (AvgIpc) is 2.57. The SMILES string of the molecule is Cc1cc(NC(=O)C(=O)NCCc2ccc(S(N)(=O)=O)cc2)ccc1Br. The molecule has 26 heavy (non-hydrogen) atoms. The Morgan fingerprint density at radius 1 is 1.08 bits per heavy atom. The summed E-state index contributed by atoms with van der Waals surface area (Å²) in [5.41, 5.74) is 2.28. The van der Waals surface area contributed by atoms with Gasteiger partial charge in [0.25, 0.3) is 0 Å². The Hall–Kier alpha value is -2.23. The number of carbonyl (C=O) groups excluding carboxylic acids is 2. The fourth-order valence-corrected chi connectivity index (χ4v) is 2.92. The number of primary sulfonamides is 1. The molecular formula is C17H18BrN3O4S. The zero-order chi connectivity index (χ0) is 19.3. The predicted molar refractivity (Wildman–Crippen MR) is 102 cm³/mol. The maximum Gasteiger partial charge on any atom is 0.313 e. The molecule has 0 fully saturated rings. The van der Waals surface area contributed by atoms with Crippen LogP contribution in [0.4, 0.5) is 5.69 Å². The van der Waals surface area contributed by atoms with E-state index in [0.29, 0.717) is 12.1 Å². The third-order valence-corrected chi connectivity index (χ3v) is 5.39. The fraction of sp³-hybridized carbons (Fsp3) is 0.176. The second-order valence-corrected chi connectivity index (χ2v) is 8.03. The standard InChI is InChI=1S/C17H18BrN3O4S/c1-11-10-13(4-7-15(11)18)21-17(23)16(22)20-9-8-12-2-5-14(6-3-12)26(19,24)25/h2-7,10H,8-9H2,1H3,(H,20,22)(H,21,23)(H2,19,24,25). The first-order valence-electron chi connectivity index (χ1n) is 7.64. The Bertz CT molecular complexity index is 928. The van der Waals surface area contributed by atoms with Gasteiger partial charge in [-0.25, -0.2) is 13.6 Å². The zero-order valence-electron chi connectivity index (χ0n) is 14.0. The lowest BCUT2D eigenvalue weighted by atomic mass is 10.1. The summed E-state index contributed by atoms with van der Waals surface area (Å²) in [5, 5.41) is 10.1. The molecule has 0 aromatic heterocycles. The number of nitrogens with one attached hydrogen (secondary N) is 2. The van der Waals surface area contributed by atoms with Crippen LogP contribution in [0.3, 0.4) is 0 Å². The van der Waals surface area contributed by atoms with Crippen molar-refractivity contribution in [1.29, 1.82) is 0 Å². The van der Waals surface area contributed by atoms with Crippen LogP contribution >= 0.6 is 15.9 Å². The molecule has 2 aromatic rings. The van der Waals surface area contributed by atoms with Crippen LogP contribution in [0.1, 0.15) is 11.1 Å². The van der Waals surface area contributed by atoms with E-state index >= 15 is 0 Å². The number of sulfonamides is 1. The van der Waals surface area contributed by atoms with Crippen LogP contribution in [-0.2, 0) is 26.0 Å². The van der Waals surface area contributed by atoms with Crippen LogP contribution in [0.5, 0.6) is 0 Å². The minimum Gasteiger partial charge on any atom is -0.347 e. The summed E-state index contributed by atoms with van der Waals surface area (Å²) >= 11 is 3.36. The topological polar surface area (TPSA) is 118 Å². The number of hydrogen-bond donors (Lipinski definition) is 3. The Kier molecular flexibility index (Phi) is 6.52. The third kappa shape index (κ3) is 5.65. The summed E-state index contributed by atoms with van der Waals surface area (Å²) in [6, 6.07) is 11.2. The number of nitrogens with two attached hydrogens (primary N) is 1. The van der Waals surface area contributed by atoms with Gasteiger partial charge in [0.1, 0.15) is 0 Å². The van der Waals surface area contributed by atoms with Gasteiger partial charge in [-0.15, -0.1) is 0 Å². The van der Waals surface area contributed by atoms with Crippen molar-refractivity contribution in [3.8, 4) is 0 Å². The van der Waals surface area contributed by atoms with Crippen LogP contribution in [0.15, 0.2) is 51.8 Å². The smallest absolute Gasteiger partial charge is 0.313 e. The number of amides is 2. The van der Waals surface area contributed by atoms with Crippen molar-refractivity contribution in [3.05, 3.63) is 58.1 Å². The molecule has 0 aliphatic heterocycles. The molecule has 0 bridgehead atoms. The van der Waals surface area contributed by atoms with Crippen LogP contribution in [0.2, 0.25) is 0 Å². The van der Waals surface area contributed by atoms with Crippen LogP contribution in [0, 0.1) is 6.92 Å². The van der Waals surface area contributed by atoms with Gasteiger partial charge < -0.3 is 10.6 Å². The maximum absolute atomic E-state index is 11.9. The molecule has 0 unspecified atom stereocenters. The van der Waals surface area contributed by atoms with E-state index in [1.165, 1.54) is 12.1 Å². The second kappa shape index (κ2) is 8.43. The first-order valence-corrected chi connectivity index (χ1v) is 9.98. The lowest BCUT2D eigenvalue weighted by Gasteiger charge is -2.08. The lowest BCUT2D eigenvalue weighted by Crippen LogP contribution is -2.36. The van der Waals surface area contributed by atoms with Crippen molar-refractivity contribution in [2.75, 3.05) is 11.9 Å². The Morgan fingerprint density at radius 2 is 1.73 bits per heavy atom. The molecule has 138 valence electrons.